The predicted molar refractivity (Wildman–Crippen MR) is 86.9 cm³/mol. The average Bonchev–Trinajstić information content (AvgIpc) is 2.89. The number of benzene rings is 2. The molecule has 0 aliphatic heterocycles. The van der Waals surface area contributed by atoms with Gasteiger partial charge in [-0.3, -0.25) is 0 Å². The van der Waals surface area contributed by atoms with Gasteiger partial charge in [-0.2, -0.15) is 0 Å². The van der Waals surface area contributed by atoms with Crippen molar-refractivity contribution in [3.05, 3.63) is 59.0 Å². The lowest BCUT2D eigenvalue weighted by Gasteiger charge is -2.10. The second-order valence-electron chi connectivity index (χ2n) is 4.79. The fraction of sp³-hybridized carbons (Fsp3) is 0.176. The Kier molecular flexibility index (Phi) is 3.61. The van der Waals surface area contributed by atoms with Gasteiger partial charge >= 0.3 is 0 Å². The van der Waals surface area contributed by atoms with Crippen LogP contribution in [0.2, 0.25) is 0 Å². The van der Waals surface area contributed by atoms with E-state index in [9.17, 15) is 0 Å². The molecule has 1 heterocycles. The van der Waals surface area contributed by atoms with Gasteiger partial charge in [-0.15, -0.1) is 11.3 Å². The number of fused-ring (bicyclic) bond motifs is 1. The van der Waals surface area contributed by atoms with E-state index in [0.29, 0.717) is 0 Å². The van der Waals surface area contributed by atoms with Crippen molar-refractivity contribution in [1.29, 1.82) is 0 Å². The minimum absolute atomic E-state index is 0.844. The fourth-order valence-corrected chi connectivity index (χ4v) is 3.28. The molecular formula is C17H17NOS. The van der Waals surface area contributed by atoms with Gasteiger partial charge in [-0.1, -0.05) is 18.2 Å². The molecule has 0 aliphatic carbocycles. The number of nitrogens with one attached hydrogen (secondary N) is 1. The van der Waals surface area contributed by atoms with Crippen LogP contribution in [0.3, 0.4) is 0 Å². The Hall–Kier alpha value is -2.00. The molecule has 0 bridgehead atoms. The molecule has 1 aromatic heterocycles. The summed E-state index contributed by atoms with van der Waals surface area (Å²) in [6.07, 6.45) is 0. The summed E-state index contributed by atoms with van der Waals surface area (Å²) in [5, 5.41) is 7.09. The van der Waals surface area contributed by atoms with E-state index in [1.165, 1.54) is 21.2 Å². The van der Waals surface area contributed by atoms with E-state index in [2.05, 4.69) is 48.0 Å². The third kappa shape index (κ3) is 2.49. The number of ether oxygens (including phenoxy) is 1. The number of hydrogen-bond acceptors (Lipinski definition) is 3. The summed E-state index contributed by atoms with van der Waals surface area (Å²) < 4.78 is 6.58. The molecule has 2 aromatic carbocycles. The van der Waals surface area contributed by atoms with Gasteiger partial charge in [0, 0.05) is 16.9 Å². The van der Waals surface area contributed by atoms with Crippen molar-refractivity contribution >= 4 is 27.1 Å². The molecule has 0 amide bonds. The zero-order chi connectivity index (χ0) is 13.9. The van der Waals surface area contributed by atoms with E-state index >= 15 is 0 Å². The highest BCUT2D eigenvalue weighted by molar-refractivity contribution is 7.17. The summed E-state index contributed by atoms with van der Waals surface area (Å²) in [6.45, 7) is 2.94. The summed E-state index contributed by atoms with van der Waals surface area (Å²) >= 11 is 1.80. The lowest BCUT2D eigenvalue weighted by Crippen LogP contribution is -2.00. The van der Waals surface area contributed by atoms with E-state index in [4.69, 9.17) is 4.74 Å². The van der Waals surface area contributed by atoms with Crippen LogP contribution in [0.4, 0.5) is 5.69 Å². The minimum Gasteiger partial charge on any atom is -0.497 e. The molecule has 0 radical (unpaired) electrons. The zero-order valence-corrected chi connectivity index (χ0v) is 12.5. The van der Waals surface area contributed by atoms with Crippen LogP contribution in [0.15, 0.2) is 47.8 Å². The Morgan fingerprint density at radius 1 is 1.15 bits per heavy atom. The maximum atomic E-state index is 5.23. The summed E-state index contributed by atoms with van der Waals surface area (Å²) in [7, 11) is 1.69. The van der Waals surface area contributed by atoms with Crippen LogP contribution in [-0.4, -0.2) is 7.11 Å². The molecule has 20 heavy (non-hydrogen) atoms. The quantitative estimate of drug-likeness (QED) is 0.740. The van der Waals surface area contributed by atoms with Crippen LogP contribution in [0.25, 0.3) is 10.1 Å². The summed E-state index contributed by atoms with van der Waals surface area (Å²) in [5.74, 6) is 0.897. The van der Waals surface area contributed by atoms with Gasteiger partial charge in [-0.25, -0.2) is 0 Å². The maximum absolute atomic E-state index is 5.23. The Morgan fingerprint density at radius 2 is 2.00 bits per heavy atom. The van der Waals surface area contributed by atoms with Gasteiger partial charge in [0.1, 0.15) is 5.75 Å². The predicted octanol–water partition coefficient (Wildman–Crippen LogP) is 4.83. The largest absolute Gasteiger partial charge is 0.497 e. The van der Waals surface area contributed by atoms with Crippen molar-refractivity contribution in [2.24, 2.45) is 0 Å². The highest BCUT2D eigenvalue weighted by Gasteiger charge is 2.04. The van der Waals surface area contributed by atoms with E-state index in [1.807, 2.05) is 12.1 Å². The minimum atomic E-state index is 0.844. The summed E-state index contributed by atoms with van der Waals surface area (Å²) in [4.78, 5) is 0. The van der Waals surface area contributed by atoms with E-state index in [0.717, 1.165) is 18.0 Å². The molecule has 3 rings (SSSR count). The van der Waals surface area contributed by atoms with Crippen LogP contribution in [0.5, 0.6) is 5.75 Å². The standard InChI is InChI=1S/C17H17NOS/c1-12-9-14(19-2)7-8-16(12)18-10-13-11-20-17-6-4-3-5-15(13)17/h3-9,11,18H,10H2,1-2H3. The molecule has 0 fully saturated rings. The third-order valence-corrected chi connectivity index (χ3v) is 4.48. The van der Waals surface area contributed by atoms with Crippen molar-refractivity contribution < 1.29 is 4.74 Å². The first-order valence-electron chi connectivity index (χ1n) is 6.61. The number of methoxy groups -OCH3 is 1. The van der Waals surface area contributed by atoms with Crippen LogP contribution in [0, 0.1) is 6.92 Å². The number of hydrogen-bond donors (Lipinski definition) is 1. The van der Waals surface area contributed by atoms with Gasteiger partial charge < -0.3 is 10.1 Å². The highest BCUT2D eigenvalue weighted by Crippen LogP contribution is 2.27. The van der Waals surface area contributed by atoms with Crippen molar-refractivity contribution in [3.8, 4) is 5.75 Å². The molecule has 0 aliphatic rings. The zero-order valence-electron chi connectivity index (χ0n) is 11.6. The number of anilines is 1. The second kappa shape index (κ2) is 5.55. The van der Waals surface area contributed by atoms with E-state index in [-0.39, 0.29) is 0 Å². The molecule has 2 nitrogen and oxygen atoms in total. The summed E-state index contributed by atoms with van der Waals surface area (Å²) in [5.41, 5.74) is 3.70. The van der Waals surface area contributed by atoms with E-state index < -0.39 is 0 Å². The second-order valence-corrected chi connectivity index (χ2v) is 5.70. The summed E-state index contributed by atoms with van der Waals surface area (Å²) in [6, 6.07) is 14.6. The molecule has 0 saturated heterocycles. The SMILES string of the molecule is COc1ccc(NCc2csc3ccccc23)c(C)c1. The fourth-order valence-electron chi connectivity index (χ4n) is 2.32. The first kappa shape index (κ1) is 13.0. The monoisotopic (exact) mass is 283 g/mol. The topological polar surface area (TPSA) is 21.3 Å². The van der Waals surface area contributed by atoms with Gasteiger partial charge in [0.05, 0.1) is 7.11 Å². The third-order valence-electron chi connectivity index (χ3n) is 3.46. The maximum Gasteiger partial charge on any atom is 0.119 e. The lowest BCUT2D eigenvalue weighted by molar-refractivity contribution is 0.414. The normalized spacial score (nSPS) is 10.7. The molecule has 102 valence electrons. The first-order valence-corrected chi connectivity index (χ1v) is 7.49. The van der Waals surface area contributed by atoms with Crippen LogP contribution >= 0.6 is 11.3 Å². The molecule has 0 spiro atoms. The Morgan fingerprint density at radius 3 is 2.80 bits per heavy atom. The van der Waals surface area contributed by atoms with Crippen molar-refractivity contribution in [1.82, 2.24) is 0 Å². The van der Waals surface area contributed by atoms with Crippen molar-refractivity contribution in [2.45, 2.75) is 13.5 Å². The average molecular weight is 283 g/mol. The molecular weight excluding hydrogens is 266 g/mol. The number of aryl methyl sites for hydroxylation is 1. The molecule has 3 heteroatoms. The first-order chi connectivity index (χ1) is 9.78. The Balaban J connectivity index is 1.79. The van der Waals surface area contributed by atoms with Crippen LogP contribution in [0.1, 0.15) is 11.1 Å². The van der Waals surface area contributed by atoms with Gasteiger partial charge in [0.25, 0.3) is 0 Å². The Labute approximate surface area is 123 Å². The van der Waals surface area contributed by atoms with Gasteiger partial charge in [0.2, 0.25) is 0 Å². The highest BCUT2D eigenvalue weighted by atomic mass is 32.1. The van der Waals surface area contributed by atoms with Gasteiger partial charge in [-0.05, 0) is 53.1 Å². The molecule has 1 N–H and O–H groups in total. The van der Waals surface area contributed by atoms with Gasteiger partial charge in [0.15, 0.2) is 0 Å². The van der Waals surface area contributed by atoms with Crippen LogP contribution < -0.4 is 10.1 Å². The molecule has 0 unspecified atom stereocenters. The van der Waals surface area contributed by atoms with E-state index in [1.54, 1.807) is 18.4 Å². The molecule has 0 atom stereocenters. The molecule has 3 aromatic rings. The molecule has 0 saturated carbocycles. The smallest absolute Gasteiger partial charge is 0.119 e. The lowest BCUT2D eigenvalue weighted by atomic mass is 10.1. The van der Waals surface area contributed by atoms with Crippen molar-refractivity contribution in [2.75, 3.05) is 12.4 Å². The Bertz CT molecular complexity index is 733. The van der Waals surface area contributed by atoms with Crippen LogP contribution in [-0.2, 0) is 6.54 Å². The van der Waals surface area contributed by atoms with Crippen molar-refractivity contribution in [3.63, 3.8) is 0 Å². The number of rotatable bonds is 4. The number of thiophene rings is 1.